The molecule has 1 aromatic carbocycles. The number of para-hydroxylation sites is 1. The Bertz CT molecular complexity index is 527. The van der Waals surface area contributed by atoms with E-state index in [1.165, 1.54) is 6.07 Å². The first-order valence-corrected chi connectivity index (χ1v) is 8.15. The SMILES string of the molecule is CSC(C)(C)CNc1cccc(S(N)(=O)=O)c1N. The van der Waals surface area contributed by atoms with Crippen LogP contribution in [0.3, 0.4) is 0 Å². The summed E-state index contributed by atoms with van der Waals surface area (Å²) in [5.74, 6) is 0. The van der Waals surface area contributed by atoms with Crippen LogP contribution in [0.2, 0.25) is 0 Å². The number of nitrogens with one attached hydrogen (secondary N) is 1. The van der Waals surface area contributed by atoms with Gasteiger partial charge in [-0.05, 0) is 32.2 Å². The summed E-state index contributed by atoms with van der Waals surface area (Å²) in [5, 5.41) is 8.25. The van der Waals surface area contributed by atoms with Crippen LogP contribution in [0.1, 0.15) is 13.8 Å². The Morgan fingerprint density at radius 3 is 2.50 bits per heavy atom. The zero-order valence-electron chi connectivity index (χ0n) is 10.7. The molecule has 0 heterocycles. The molecule has 0 saturated heterocycles. The van der Waals surface area contributed by atoms with Crippen LogP contribution in [-0.4, -0.2) is 26.0 Å². The predicted molar refractivity (Wildman–Crippen MR) is 78.3 cm³/mol. The summed E-state index contributed by atoms with van der Waals surface area (Å²) in [6, 6.07) is 4.75. The Labute approximate surface area is 112 Å². The first kappa shape index (κ1) is 15.1. The van der Waals surface area contributed by atoms with Gasteiger partial charge < -0.3 is 11.1 Å². The molecule has 7 heteroatoms. The van der Waals surface area contributed by atoms with Crippen molar-refractivity contribution in [3.8, 4) is 0 Å². The van der Waals surface area contributed by atoms with E-state index in [2.05, 4.69) is 19.2 Å². The van der Waals surface area contributed by atoms with Gasteiger partial charge in [-0.2, -0.15) is 11.8 Å². The molecule has 0 radical (unpaired) electrons. The van der Waals surface area contributed by atoms with Gasteiger partial charge in [-0.3, -0.25) is 0 Å². The quantitative estimate of drug-likeness (QED) is 0.713. The minimum absolute atomic E-state index is 0.0318. The van der Waals surface area contributed by atoms with Gasteiger partial charge in [0.1, 0.15) is 4.90 Å². The van der Waals surface area contributed by atoms with Crippen molar-refractivity contribution in [3.63, 3.8) is 0 Å². The number of hydrogen-bond acceptors (Lipinski definition) is 5. The van der Waals surface area contributed by atoms with E-state index in [4.69, 9.17) is 10.9 Å². The van der Waals surface area contributed by atoms with Gasteiger partial charge in [0.05, 0.1) is 11.4 Å². The number of primary sulfonamides is 1. The summed E-state index contributed by atoms with van der Waals surface area (Å²) in [6.07, 6.45) is 2.02. The molecule has 0 spiro atoms. The highest BCUT2D eigenvalue weighted by molar-refractivity contribution is 7.99. The standard InChI is InChI=1S/C11H19N3O2S2/c1-11(2,17-3)7-14-8-5-4-6-9(10(8)12)18(13,15)16/h4-6,14H,7,12H2,1-3H3,(H2,13,15,16). The van der Waals surface area contributed by atoms with Gasteiger partial charge >= 0.3 is 0 Å². The van der Waals surface area contributed by atoms with E-state index in [0.29, 0.717) is 12.2 Å². The maximum absolute atomic E-state index is 11.3. The van der Waals surface area contributed by atoms with E-state index in [-0.39, 0.29) is 15.3 Å². The van der Waals surface area contributed by atoms with Gasteiger partial charge in [0.15, 0.2) is 0 Å². The second-order valence-electron chi connectivity index (χ2n) is 4.58. The van der Waals surface area contributed by atoms with Gasteiger partial charge in [0.25, 0.3) is 0 Å². The van der Waals surface area contributed by atoms with E-state index in [9.17, 15) is 8.42 Å². The first-order valence-electron chi connectivity index (χ1n) is 5.38. The van der Waals surface area contributed by atoms with Crippen molar-refractivity contribution < 1.29 is 8.42 Å². The van der Waals surface area contributed by atoms with Crippen molar-refractivity contribution in [3.05, 3.63) is 18.2 Å². The van der Waals surface area contributed by atoms with E-state index in [1.54, 1.807) is 23.9 Å². The number of nitrogen functional groups attached to an aromatic ring is 1. The predicted octanol–water partition coefficient (Wildman–Crippen LogP) is 1.47. The van der Waals surface area contributed by atoms with Crippen molar-refractivity contribution in [2.45, 2.75) is 23.5 Å². The lowest BCUT2D eigenvalue weighted by atomic mass is 10.2. The Balaban J connectivity index is 2.99. The molecule has 0 aromatic heterocycles. The monoisotopic (exact) mass is 289 g/mol. The molecule has 0 aliphatic heterocycles. The minimum atomic E-state index is -3.79. The van der Waals surface area contributed by atoms with Crippen LogP contribution in [-0.2, 0) is 10.0 Å². The Morgan fingerprint density at radius 1 is 1.39 bits per heavy atom. The van der Waals surface area contributed by atoms with Gasteiger partial charge in [-0.25, -0.2) is 13.6 Å². The Morgan fingerprint density at radius 2 is 2.00 bits per heavy atom. The largest absolute Gasteiger partial charge is 0.396 e. The Hall–Kier alpha value is -0.920. The lowest BCUT2D eigenvalue weighted by molar-refractivity contribution is 0.598. The van der Waals surface area contributed by atoms with Crippen LogP contribution in [0.4, 0.5) is 11.4 Å². The topological polar surface area (TPSA) is 98.2 Å². The number of nitrogens with two attached hydrogens (primary N) is 2. The van der Waals surface area contributed by atoms with Gasteiger partial charge in [0, 0.05) is 11.3 Å². The molecule has 0 fully saturated rings. The van der Waals surface area contributed by atoms with Crippen LogP contribution >= 0.6 is 11.8 Å². The number of thioether (sulfide) groups is 1. The Kier molecular flexibility index (Phi) is 4.52. The molecule has 18 heavy (non-hydrogen) atoms. The van der Waals surface area contributed by atoms with Crippen LogP contribution in [0, 0.1) is 0 Å². The molecule has 0 saturated carbocycles. The third-order valence-corrected chi connectivity index (χ3v) is 4.85. The zero-order valence-corrected chi connectivity index (χ0v) is 12.4. The van der Waals surface area contributed by atoms with Crippen LogP contribution in [0.5, 0.6) is 0 Å². The summed E-state index contributed by atoms with van der Waals surface area (Å²) < 4.78 is 22.7. The summed E-state index contributed by atoms with van der Waals surface area (Å²) in [4.78, 5) is -0.0468. The van der Waals surface area contributed by atoms with Crippen molar-refractivity contribution >= 4 is 33.2 Å². The smallest absolute Gasteiger partial charge is 0.240 e. The molecule has 1 rings (SSSR count). The number of rotatable bonds is 5. The number of sulfonamides is 1. The second kappa shape index (κ2) is 5.38. The fraction of sp³-hybridized carbons (Fsp3) is 0.455. The normalized spacial score (nSPS) is 12.4. The molecule has 5 nitrogen and oxygen atoms in total. The molecule has 0 unspecified atom stereocenters. The highest BCUT2D eigenvalue weighted by atomic mass is 32.2. The first-order chi connectivity index (χ1) is 8.17. The van der Waals surface area contributed by atoms with Crippen molar-refractivity contribution in [1.82, 2.24) is 0 Å². The van der Waals surface area contributed by atoms with E-state index in [1.807, 2.05) is 6.26 Å². The molecule has 1 aromatic rings. The van der Waals surface area contributed by atoms with Crippen molar-refractivity contribution in [2.24, 2.45) is 5.14 Å². The molecule has 5 N–H and O–H groups in total. The second-order valence-corrected chi connectivity index (χ2v) is 7.62. The number of benzene rings is 1. The van der Waals surface area contributed by atoms with Gasteiger partial charge in [0.2, 0.25) is 10.0 Å². The van der Waals surface area contributed by atoms with E-state index in [0.717, 1.165) is 0 Å². The summed E-state index contributed by atoms with van der Waals surface area (Å²) in [6.45, 7) is 4.85. The third kappa shape index (κ3) is 3.79. The molecular weight excluding hydrogens is 270 g/mol. The van der Waals surface area contributed by atoms with Crippen LogP contribution in [0.15, 0.2) is 23.1 Å². The highest BCUT2D eigenvalue weighted by Crippen LogP contribution is 2.28. The molecule has 102 valence electrons. The molecular formula is C11H19N3O2S2. The maximum atomic E-state index is 11.3. The van der Waals surface area contributed by atoms with Crippen LogP contribution < -0.4 is 16.2 Å². The lowest BCUT2D eigenvalue weighted by Gasteiger charge is -2.23. The van der Waals surface area contributed by atoms with Crippen molar-refractivity contribution in [2.75, 3.05) is 23.9 Å². The third-order valence-electron chi connectivity index (χ3n) is 2.63. The molecule has 0 atom stereocenters. The molecule has 0 aliphatic rings. The summed E-state index contributed by atoms with van der Waals surface area (Å²) in [7, 11) is -3.79. The average Bonchev–Trinajstić information content (AvgIpc) is 2.26. The number of anilines is 2. The van der Waals surface area contributed by atoms with E-state index < -0.39 is 10.0 Å². The van der Waals surface area contributed by atoms with E-state index >= 15 is 0 Å². The zero-order chi connectivity index (χ0) is 14.0. The van der Waals surface area contributed by atoms with Gasteiger partial charge in [-0.1, -0.05) is 6.07 Å². The summed E-state index contributed by atoms with van der Waals surface area (Å²) >= 11 is 1.72. The highest BCUT2D eigenvalue weighted by Gasteiger charge is 2.18. The fourth-order valence-corrected chi connectivity index (χ4v) is 2.23. The van der Waals surface area contributed by atoms with Crippen molar-refractivity contribution in [1.29, 1.82) is 0 Å². The maximum Gasteiger partial charge on any atom is 0.240 e. The number of hydrogen-bond donors (Lipinski definition) is 3. The average molecular weight is 289 g/mol. The van der Waals surface area contributed by atoms with Gasteiger partial charge in [-0.15, -0.1) is 0 Å². The fourth-order valence-electron chi connectivity index (χ4n) is 1.33. The van der Waals surface area contributed by atoms with Crippen LogP contribution in [0.25, 0.3) is 0 Å². The molecule has 0 bridgehead atoms. The lowest BCUT2D eigenvalue weighted by Crippen LogP contribution is -2.26. The summed E-state index contributed by atoms with van der Waals surface area (Å²) in [5.41, 5.74) is 6.56. The minimum Gasteiger partial charge on any atom is -0.396 e. The molecule has 0 amide bonds. The molecule has 0 aliphatic carbocycles.